The summed E-state index contributed by atoms with van der Waals surface area (Å²) in [6.07, 6.45) is 1.31. The molecule has 3 amide bonds. The second-order valence-corrected chi connectivity index (χ2v) is 8.86. The molecule has 0 heterocycles. The monoisotopic (exact) mass is 554 g/mol. The Balaban J connectivity index is 1.31. The molecule has 40 heavy (non-hydrogen) atoms. The van der Waals surface area contributed by atoms with Crippen LogP contribution < -0.4 is 20.8 Å². The van der Waals surface area contributed by atoms with Gasteiger partial charge in [-0.15, -0.1) is 0 Å². The van der Waals surface area contributed by atoms with Crippen molar-refractivity contribution >= 4 is 52.9 Å². The topological polar surface area (TPSA) is 126 Å². The first kappa shape index (κ1) is 27.7. The third-order valence-electron chi connectivity index (χ3n) is 5.50. The Labute approximate surface area is 234 Å². The van der Waals surface area contributed by atoms with E-state index < -0.39 is 23.7 Å². The Morgan fingerprint density at radius 2 is 1.40 bits per heavy atom. The molecule has 0 aliphatic carbocycles. The lowest BCUT2D eigenvalue weighted by atomic mass is 10.1. The molecule has 0 bridgehead atoms. The summed E-state index contributed by atoms with van der Waals surface area (Å²) in [4.78, 5) is 49.7. The molecule has 0 saturated carbocycles. The minimum atomic E-state index is -1.03. The largest absolute Gasteiger partial charge is 0.423 e. The quantitative estimate of drug-likeness (QED) is 0.0950. The smallest absolute Gasteiger partial charge is 0.345 e. The average Bonchev–Trinajstić information content (AvgIpc) is 2.95. The van der Waals surface area contributed by atoms with Gasteiger partial charge in [0, 0.05) is 5.69 Å². The number of carbonyl (C=O) groups is 4. The first-order chi connectivity index (χ1) is 19.3. The molecule has 9 nitrogen and oxygen atoms in total. The molecule has 4 aromatic carbocycles. The Hall–Kier alpha value is -5.28. The van der Waals surface area contributed by atoms with Gasteiger partial charge in [0.25, 0.3) is 5.91 Å². The predicted octanol–water partition coefficient (Wildman–Crippen LogP) is 5.21. The van der Waals surface area contributed by atoms with Gasteiger partial charge < -0.3 is 15.4 Å². The molecule has 3 N–H and O–H groups in total. The molecule has 0 atom stereocenters. The van der Waals surface area contributed by atoms with Crippen molar-refractivity contribution in [2.24, 2.45) is 5.10 Å². The van der Waals surface area contributed by atoms with Crippen LogP contribution in [0, 0.1) is 6.92 Å². The van der Waals surface area contributed by atoms with E-state index in [0.717, 1.165) is 5.56 Å². The van der Waals surface area contributed by atoms with Gasteiger partial charge in [0.15, 0.2) is 0 Å². The van der Waals surface area contributed by atoms with Crippen LogP contribution in [0.5, 0.6) is 5.75 Å². The number of esters is 1. The number of benzene rings is 4. The van der Waals surface area contributed by atoms with Gasteiger partial charge in [-0.2, -0.15) is 5.10 Å². The van der Waals surface area contributed by atoms with E-state index in [2.05, 4.69) is 21.2 Å². The number of amides is 3. The molecule has 0 aromatic heterocycles. The summed E-state index contributed by atoms with van der Waals surface area (Å²) in [6.45, 7) is 1.94. The van der Waals surface area contributed by atoms with E-state index in [4.69, 9.17) is 16.3 Å². The third-order valence-corrected chi connectivity index (χ3v) is 5.83. The number of anilines is 2. The minimum Gasteiger partial charge on any atom is -0.423 e. The van der Waals surface area contributed by atoms with Crippen molar-refractivity contribution in [3.63, 3.8) is 0 Å². The highest BCUT2D eigenvalue weighted by molar-refractivity contribution is 6.40. The van der Waals surface area contributed by atoms with Crippen LogP contribution >= 0.6 is 11.6 Å². The van der Waals surface area contributed by atoms with Crippen LogP contribution in [0.15, 0.2) is 102 Å². The maximum absolute atomic E-state index is 12.8. The number of carbonyl (C=O) groups excluding carboxylic acids is 4. The molecule has 200 valence electrons. The van der Waals surface area contributed by atoms with Gasteiger partial charge >= 0.3 is 17.8 Å². The number of aryl methyl sites for hydroxylation is 1. The van der Waals surface area contributed by atoms with Gasteiger partial charge in [0.05, 0.1) is 28.1 Å². The Morgan fingerprint density at radius 1 is 0.750 bits per heavy atom. The van der Waals surface area contributed by atoms with Crippen LogP contribution in [0.25, 0.3) is 0 Å². The summed E-state index contributed by atoms with van der Waals surface area (Å²) in [7, 11) is 0. The molecular formula is C30H23ClN4O5. The summed E-state index contributed by atoms with van der Waals surface area (Å²) >= 11 is 6.02. The normalized spacial score (nSPS) is 10.6. The first-order valence-corrected chi connectivity index (χ1v) is 12.4. The van der Waals surface area contributed by atoms with Gasteiger partial charge in [0.2, 0.25) is 0 Å². The highest BCUT2D eigenvalue weighted by Gasteiger charge is 2.18. The second-order valence-electron chi connectivity index (χ2n) is 8.46. The SMILES string of the molecule is Cc1ccc(NC(=O)c2ccccc2NC(=O)C(=O)N/N=C\c2ccc(OC(=O)c3ccccc3Cl)cc2)cc1. The minimum absolute atomic E-state index is 0.165. The number of halogens is 1. The molecule has 0 unspecified atom stereocenters. The number of nitrogens with zero attached hydrogens (tertiary/aromatic N) is 1. The van der Waals surface area contributed by atoms with Crippen molar-refractivity contribution in [2.75, 3.05) is 10.6 Å². The fraction of sp³-hybridized carbons (Fsp3) is 0.0333. The number of nitrogens with one attached hydrogen (secondary N) is 3. The molecule has 0 spiro atoms. The maximum Gasteiger partial charge on any atom is 0.345 e. The molecule has 0 saturated heterocycles. The summed E-state index contributed by atoms with van der Waals surface area (Å²) in [5.74, 6) is -2.79. The maximum atomic E-state index is 12.8. The van der Waals surface area contributed by atoms with Crippen molar-refractivity contribution in [3.8, 4) is 5.75 Å². The Bertz CT molecular complexity index is 1580. The fourth-order valence-electron chi connectivity index (χ4n) is 3.43. The molecular weight excluding hydrogens is 532 g/mol. The Kier molecular flexibility index (Phi) is 9.01. The molecule has 4 aromatic rings. The van der Waals surface area contributed by atoms with Crippen molar-refractivity contribution in [3.05, 3.63) is 124 Å². The van der Waals surface area contributed by atoms with E-state index in [1.807, 2.05) is 19.1 Å². The summed E-state index contributed by atoms with van der Waals surface area (Å²) in [5, 5.41) is 9.26. The van der Waals surface area contributed by atoms with E-state index in [9.17, 15) is 19.2 Å². The van der Waals surface area contributed by atoms with E-state index in [-0.39, 0.29) is 27.6 Å². The number of hydrazone groups is 1. The van der Waals surface area contributed by atoms with Crippen LogP contribution in [0.4, 0.5) is 11.4 Å². The van der Waals surface area contributed by atoms with Crippen molar-refractivity contribution in [1.82, 2.24) is 5.43 Å². The Morgan fingerprint density at radius 3 is 2.10 bits per heavy atom. The lowest BCUT2D eigenvalue weighted by Crippen LogP contribution is -2.33. The van der Waals surface area contributed by atoms with Crippen LogP contribution in [0.3, 0.4) is 0 Å². The molecule has 0 aliphatic rings. The lowest BCUT2D eigenvalue weighted by molar-refractivity contribution is -0.136. The van der Waals surface area contributed by atoms with Crippen LogP contribution in [-0.2, 0) is 9.59 Å². The van der Waals surface area contributed by atoms with Crippen molar-refractivity contribution < 1.29 is 23.9 Å². The van der Waals surface area contributed by atoms with Crippen LogP contribution in [-0.4, -0.2) is 29.9 Å². The fourth-order valence-corrected chi connectivity index (χ4v) is 3.64. The number of para-hydroxylation sites is 1. The molecule has 0 radical (unpaired) electrons. The highest BCUT2D eigenvalue weighted by atomic mass is 35.5. The lowest BCUT2D eigenvalue weighted by Gasteiger charge is -2.11. The van der Waals surface area contributed by atoms with E-state index in [0.29, 0.717) is 11.3 Å². The number of hydrogen-bond acceptors (Lipinski definition) is 6. The van der Waals surface area contributed by atoms with Gasteiger partial charge in [-0.25, -0.2) is 10.2 Å². The average molecular weight is 555 g/mol. The van der Waals surface area contributed by atoms with E-state index in [1.165, 1.54) is 18.3 Å². The van der Waals surface area contributed by atoms with Crippen molar-refractivity contribution in [1.29, 1.82) is 0 Å². The van der Waals surface area contributed by atoms with Gasteiger partial charge in [-0.1, -0.05) is 53.6 Å². The van der Waals surface area contributed by atoms with Crippen molar-refractivity contribution in [2.45, 2.75) is 6.92 Å². The van der Waals surface area contributed by atoms with Crippen LogP contribution in [0.2, 0.25) is 5.02 Å². The summed E-state index contributed by atoms with van der Waals surface area (Å²) < 4.78 is 5.31. The number of rotatable bonds is 7. The number of hydrogen-bond donors (Lipinski definition) is 3. The third kappa shape index (κ3) is 7.40. The zero-order valence-corrected chi connectivity index (χ0v) is 21.9. The number of ether oxygens (including phenoxy) is 1. The zero-order valence-electron chi connectivity index (χ0n) is 21.2. The van der Waals surface area contributed by atoms with Crippen LogP contribution in [0.1, 0.15) is 31.8 Å². The van der Waals surface area contributed by atoms with Gasteiger partial charge in [-0.3, -0.25) is 14.4 Å². The molecule has 10 heteroatoms. The van der Waals surface area contributed by atoms with E-state index in [1.54, 1.807) is 72.8 Å². The standard InChI is InChI=1S/C30H23ClN4O5/c1-19-10-14-21(15-11-19)33-27(36)24-7-3-5-9-26(24)34-28(37)29(38)35-32-18-20-12-16-22(17-13-20)40-30(39)23-6-2-4-8-25(23)31/h2-18H,1H3,(H,33,36)(H,34,37)(H,35,38)/b32-18-. The van der Waals surface area contributed by atoms with Gasteiger partial charge in [-0.05, 0) is 73.2 Å². The predicted molar refractivity (Wildman–Crippen MR) is 153 cm³/mol. The molecule has 0 fully saturated rings. The molecule has 0 aliphatic heterocycles. The molecule has 4 rings (SSSR count). The first-order valence-electron chi connectivity index (χ1n) is 12.0. The highest BCUT2D eigenvalue weighted by Crippen LogP contribution is 2.20. The summed E-state index contributed by atoms with van der Waals surface area (Å²) in [6, 6.07) is 26.4. The van der Waals surface area contributed by atoms with E-state index >= 15 is 0 Å². The second kappa shape index (κ2) is 13.0. The van der Waals surface area contributed by atoms with Gasteiger partial charge in [0.1, 0.15) is 5.75 Å². The summed E-state index contributed by atoms with van der Waals surface area (Å²) in [5.41, 5.74) is 4.93. The zero-order chi connectivity index (χ0) is 28.5.